The van der Waals surface area contributed by atoms with Crippen LogP contribution in [0.4, 0.5) is 0 Å². The van der Waals surface area contributed by atoms with E-state index in [1.165, 1.54) is 0 Å². The van der Waals surface area contributed by atoms with Crippen molar-refractivity contribution in [1.82, 2.24) is 4.72 Å². The van der Waals surface area contributed by atoms with Crippen LogP contribution in [0.5, 0.6) is 0 Å². The Bertz CT molecular complexity index is 472. The monoisotopic (exact) mass is 272 g/mol. The molecular formula is C12H20N2O3S. The van der Waals surface area contributed by atoms with Crippen LogP contribution in [0.2, 0.25) is 0 Å². The molecule has 1 rings (SSSR count). The molecule has 0 fully saturated rings. The first kappa shape index (κ1) is 15.1. The zero-order valence-corrected chi connectivity index (χ0v) is 11.5. The summed E-state index contributed by atoms with van der Waals surface area (Å²) in [7, 11) is -1.87. The first-order chi connectivity index (χ1) is 8.47. The van der Waals surface area contributed by atoms with E-state index in [1.54, 1.807) is 25.3 Å². The van der Waals surface area contributed by atoms with Crippen LogP contribution in [-0.4, -0.2) is 28.7 Å². The Morgan fingerprint density at radius 2 is 2.17 bits per heavy atom. The van der Waals surface area contributed by atoms with Gasteiger partial charge < -0.3 is 10.5 Å². The summed E-state index contributed by atoms with van der Waals surface area (Å²) >= 11 is 0. The quantitative estimate of drug-likeness (QED) is 0.726. The molecule has 1 aromatic rings. The average molecular weight is 272 g/mol. The summed E-state index contributed by atoms with van der Waals surface area (Å²) < 4.78 is 31.3. The lowest BCUT2D eigenvalue weighted by Crippen LogP contribution is -2.25. The maximum atomic E-state index is 12.0. The number of hydrogen-bond acceptors (Lipinski definition) is 4. The molecule has 0 saturated carbocycles. The Kier molecular flexibility index (Phi) is 5.74. The van der Waals surface area contributed by atoms with Gasteiger partial charge in [-0.2, -0.15) is 0 Å². The Balaban J connectivity index is 2.75. The van der Waals surface area contributed by atoms with Crippen molar-refractivity contribution in [3.8, 4) is 0 Å². The standard InChI is InChI=1S/C12H20N2O3S/c1-10(13)11-5-3-6-12(9-11)18(15,16)14-7-4-8-17-2/h3,5-6,9-10,14H,4,7-8,13H2,1-2H3. The molecule has 1 aromatic carbocycles. The minimum absolute atomic E-state index is 0.186. The Morgan fingerprint density at radius 3 is 2.78 bits per heavy atom. The van der Waals surface area contributed by atoms with Crippen LogP contribution in [0.1, 0.15) is 24.9 Å². The van der Waals surface area contributed by atoms with Gasteiger partial charge in [0.15, 0.2) is 0 Å². The first-order valence-corrected chi connectivity index (χ1v) is 7.30. The molecule has 0 aromatic heterocycles. The van der Waals surface area contributed by atoms with Gasteiger partial charge in [-0.05, 0) is 31.0 Å². The molecule has 5 nitrogen and oxygen atoms in total. The van der Waals surface area contributed by atoms with E-state index in [2.05, 4.69) is 4.72 Å². The lowest BCUT2D eigenvalue weighted by Gasteiger charge is -2.10. The molecule has 3 N–H and O–H groups in total. The number of hydrogen-bond donors (Lipinski definition) is 2. The maximum Gasteiger partial charge on any atom is 0.240 e. The number of methoxy groups -OCH3 is 1. The van der Waals surface area contributed by atoms with Crippen molar-refractivity contribution in [3.63, 3.8) is 0 Å². The van der Waals surface area contributed by atoms with Crippen molar-refractivity contribution in [2.75, 3.05) is 20.3 Å². The van der Waals surface area contributed by atoms with Crippen LogP contribution < -0.4 is 10.5 Å². The Hall–Kier alpha value is -0.950. The summed E-state index contributed by atoms with van der Waals surface area (Å²) in [6.07, 6.45) is 0.642. The molecule has 18 heavy (non-hydrogen) atoms. The van der Waals surface area contributed by atoms with Crippen molar-refractivity contribution in [2.24, 2.45) is 5.73 Å². The second kappa shape index (κ2) is 6.84. The second-order valence-corrected chi connectivity index (χ2v) is 5.87. The highest BCUT2D eigenvalue weighted by atomic mass is 32.2. The summed E-state index contributed by atoms with van der Waals surface area (Å²) in [6.45, 7) is 2.71. The van der Waals surface area contributed by atoms with Crippen molar-refractivity contribution in [3.05, 3.63) is 29.8 Å². The van der Waals surface area contributed by atoms with Crippen LogP contribution in [-0.2, 0) is 14.8 Å². The third kappa shape index (κ3) is 4.38. The third-order valence-electron chi connectivity index (χ3n) is 2.51. The van der Waals surface area contributed by atoms with E-state index >= 15 is 0 Å². The molecule has 1 atom stereocenters. The molecule has 1 unspecified atom stereocenters. The lowest BCUT2D eigenvalue weighted by atomic mass is 10.1. The average Bonchev–Trinajstić information content (AvgIpc) is 2.35. The molecule has 0 heterocycles. The summed E-state index contributed by atoms with van der Waals surface area (Å²) in [6, 6.07) is 6.49. The molecule has 102 valence electrons. The molecule has 0 spiro atoms. The van der Waals surface area contributed by atoms with Gasteiger partial charge in [-0.15, -0.1) is 0 Å². The van der Waals surface area contributed by atoms with E-state index < -0.39 is 10.0 Å². The minimum atomic E-state index is -3.46. The second-order valence-electron chi connectivity index (χ2n) is 4.11. The van der Waals surface area contributed by atoms with Gasteiger partial charge >= 0.3 is 0 Å². The van der Waals surface area contributed by atoms with Gasteiger partial charge in [-0.1, -0.05) is 12.1 Å². The fourth-order valence-electron chi connectivity index (χ4n) is 1.47. The lowest BCUT2D eigenvalue weighted by molar-refractivity contribution is 0.196. The van der Waals surface area contributed by atoms with E-state index in [0.29, 0.717) is 19.6 Å². The van der Waals surface area contributed by atoms with E-state index in [1.807, 2.05) is 13.0 Å². The number of rotatable bonds is 7. The maximum absolute atomic E-state index is 12.0. The molecule has 0 aliphatic heterocycles. The van der Waals surface area contributed by atoms with Crippen LogP contribution in [0.15, 0.2) is 29.2 Å². The van der Waals surface area contributed by atoms with Crippen molar-refractivity contribution in [2.45, 2.75) is 24.3 Å². The summed E-state index contributed by atoms with van der Waals surface area (Å²) in [5.74, 6) is 0. The largest absolute Gasteiger partial charge is 0.385 e. The number of sulfonamides is 1. The van der Waals surface area contributed by atoms with Crippen LogP contribution in [0, 0.1) is 0 Å². The van der Waals surface area contributed by atoms with Gasteiger partial charge in [-0.25, -0.2) is 13.1 Å². The molecule has 0 aliphatic rings. The van der Waals surface area contributed by atoms with Gasteiger partial charge in [0.1, 0.15) is 0 Å². The molecule has 0 bridgehead atoms. The smallest absolute Gasteiger partial charge is 0.240 e. The number of benzene rings is 1. The molecule has 0 amide bonds. The summed E-state index contributed by atoms with van der Waals surface area (Å²) in [5.41, 5.74) is 6.53. The van der Waals surface area contributed by atoms with E-state index in [4.69, 9.17) is 10.5 Å². The number of nitrogens with one attached hydrogen (secondary N) is 1. The predicted molar refractivity (Wildman–Crippen MR) is 70.7 cm³/mol. The van der Waals surface area contributed by atoms with Gasteiger partial charge in [0.05, 0.1) is 4.90 Å². The van der Waals surface area contributed by atoms with E-state index in [-0.39, 0.29) is 10.9 Å². The summed E-state index contributed by atoms with van der Waals surface area (Å²) in [5, 5.41) is 0. The predicted octanol–water partition coefficient (Wildman–Crippen LogP) is 1.02. The van der Waals surface area contributed by atoms with Crippen LogP contribution >= 0.6 is 0 Å². The fourth-order valence-corrected chi connectivity index (χ4v) is 2.60. The highest BCUT2D eigenvalue weighted by Crippen LogP contribution is 2.15. The molecule has 0 saturated heterocycles. The summed E-state index contributed by atoms with van der Waals surface area (Å²) in [4.78, 5) is 0.245. The zero-order chi connectivity index (χ0) is 13.6. The zero-order valence-electron chi connectivity index (χ0n) is 10.7. The molecule has 0 radical (unpaired) electrons. The van der Waals surface area contributed by atoms with Crippen molar-refractivity contribution < 1.29 is 13.2 Å². The molecule has 6 heteroatoms. The first-order valence-electron chi connectivity index (χ1n) is 5.81. The van der Waals surface area contributed by atoms with Gasteiger partial charge in [0, 0.05) is 26.3 Å². The normalized spacial score (nSPS) is 13.5. The fraction of sp³-hybridized carbons (Fsp3) is 0.500. The minimum Gasteiger partial charge on any atom is -0.385 e. The van der Waals surface area contributed by atoms with Crippen LogP contribution in [0.3, 0.4) is 0 Å². The number of ether oxygens (including phenoxy) is 1. The highest BCUT2D eigenvalue weighted by molar-refractivity contribution is 7.89. The van der Waals surface area contributed by atoms with E-state index in [9.17, 15) is 8.42 Å². The third-order valence-corrected chi connectivity index (χ3v) is 3.97. The topological polar surface area (TPSA) is 81.4 Å². The van der Waals surface area contributed by atoms with Gasteiger partial charge in [0.25, 0.3) is 0 Å². The Morgan fingerprint density at radius 1 is 1.44 bits per heavy atom. The van der Waals surface area contributed by atoms with Crippen LogP contribution in [0.25, 0.3) is 0 Å². The molecular weight excluding hydrogens is 252 g/mol. The molecule has 0 aliphatic carbocycles. The van der Waals surface area contributed by atoms with Crippen molar-refractivity contribution in [1.29, 1.82) is 0 Å². The number of nitrogens with two attached hydrogens (primary N) is 1. The SMILES string of the molecule is COCCCNS(=O)(=O)c1cccc(C(C)N)c1. The van der Waals surface area contributed by atoms with Crippen molar-refractivity contribution >= 4 is 10.0 Å². The van der Waals surface area contributed by atoms with Gasteiger partial charge in [-0.3, -0.25) is 0 Å². The van der Waals surface area contributed by atoms with E-state index in [0.717, 1.165) is 5.56 Å². The Labute approximate surface area is 108 Å². The van der Waals surface area contributed by atoms with Gasteiger partial charge in [0.2, 0.25) is 10.0 Å². The highest BCUT2D eigenvalue weighted by Gasteiger charge is 2.14.